The summed E-state index contributed by atoms with van der Waals surface area (Å²) in [4.78, 5) is 27.0. The molecular weight excluding hydrogens is 322 g/mol. The zero-order valence-electron chi connectivity index (χ0n) is 12.6. The standard InChI is InChI=1S/C15H18ClN3O2S/c1-3-9-19-14(20)8-6-12(17-19)15(21)18(4-2)10-11-5-7-13(16)22-11/h5-8H,3-4,9-10H2,1-2H3. The number of thiophene rings is 1. The van der Waals surface area contributed by atoms with Gasteiger partial charge in [0.25, 0.3) is 11.5 Å². The van der Waals surface area contributed by atoms with E-state index < -0.39 is 0 Å². The predicted octanol–water partition coefficient (Wildman–Crippen LogP) is 3.03. The Morgan fingerprint density at radius 1 is 1.32 bits per heavy atom. The molecule has 0 aromatic carbocycles. The van der Waals surface area contributed by atoms with Crippen molar-refractivity contribution in [3.63, 3.8) is 0 Å². The van der Waals surface area contributed by atoms with Gasteiger partial charge in [-0.15, -0.1) is 11.3 Å². The number of carbonyl (C=O) groups is 1. The molecule has 0 aliphatic heterocycles. The van der Waals surface area contributed by atoms with Crippen LogP contribution in [0.2, 0.25) is 4.34 Å². The fraction of sp³-hybridized carbons (Fsp3) is 0.400. The summed E-state index contributed by atoms with van der Waals surface area (Å²) in [7, 11) is 0. The van der Waals surface area contributed by atoms with Crippen LogP contribution in [-0.4, -0.2) is 27.1 Å². The molecule has 1 amide bonds. The molecule has 7 heteroatoms. The lowest BCUT2D eigenvalue weighted by Gasteiger charge is -2.19. The molecule has 2 aromatic heterocycles. The predicted molar refractivity (Wildman–Crippen MR) is 88.5 cm³/mol. The fourth-order valence-electron chi connectivity index (χ4n) is 2.05. The second-order valence-corrected chi connectivity index (χ2v) is 6.60. The van der Waals surface area contributed by atoms with Crippen LogP contribution in [0.25, 0.3) is 0 Å². The minimum atomic E-state index is -0.188. The van der Waals surface area contributed by atoms with E-state index in [4.69, 9.17) is 11.6 Å². The molecule has 2 aromatic rings. The zero-order chi connectivity index (χ0) is 16.1. The maximum absolute atomic E-state index is 12.6. The summed E-state index contributed by atoms with van der Waals surface area (Å²) in [6.07, 6.45) is 0.787. The van der Waals surface area contributed by atoms with Crippen LogP contribution >= 0.6 is 22.9 Å². The van der Waals surface area contributed by atoms with Crippen molar-refractivity contribution in [2.45, 2.75) is 33.4 Å². The van der Waals surface area contributed by atoms with Crippen LogP contribution in [0.5, 0.6) is 0 Å². The van der Waals surface area contributed by atoms with Crippen molar-refractivity contribution in [3.05, 3.63) is 49.5 Å². The molecule has 0 spiro atoms. The topological polar surface area (TPSA) is 55.2 Å². The maximum Gasteiger partial charge on any atom is 0.274 e. The fourth-order valence-corrected chi connectivity index (χ4v) is 3.15. The minimum absolute atomic E-state index is 0.183. The number of hydrogen-bond acceptors (Lipinski definition) is 4. The van der Waals surface area contributed by atoms with Gasteiger partial charge in [0.05, 0.1) is 10.9 Å². The van der Waals surface area contributed by atoms with Gasteiger partial charge in [-0.2, -0.15) is 5.10 Å². The van der Waals surface area contributed by atoms with E-state index in [1.54, 1.807) is 4.90 Å². The highest BCUT2D eigenvalue weighted by Crippen LogP contribution is 2.23. The van der Waals surface area contributed by atoms with Crippen molar-refractivity contribution in [1.82, 2.24) is 14.7 Å². The molecule has 5 nitrogen and oxygen atoms in total. The number of amides is 1. The van der Waals surface area contributed by atoms with Crippen LogP contribution in [0.4, 0.5) is 0 Å². The van der Waals surface area contributed by atoms with E-state index in [0.717, 1.165) is 11.3 Å². The molecule has 0 bridgehead atoms. The van der Waals surface area contributed by atoms with Gasteiger partial charge in [-0.3, -0.25) is 9.59 Å². The van der Waals surface area contributed by atoms with Crippen LogP contribution < -0.4 is 5.56 Å². The number of rotatable bonds is 6. The summed E-state index contributed by atoms with van der Waals surface area (Å²) < 4.78 is 2.04. The second kappa shape index (κ2) is 7.56. The van der Waals surface area contributed by atoms with Crippen molar-refractivity contribution in [1.29, 1.82) is 0 Å². The van der Waals surface area contributed by atoms with Gasteiger partial charge in [0.2, 0.25) is 0 Å². The molecule has 118 valence electrons. The lowest BCUT2D eigenvalue weighted by atomic mass is 10.3. The van der Waals surface area contributed by atoms with E-state index in [2.05, 4.69) is 5.10 Å². The first-order chi connectivity index (χ1) is 10.5. The highest BCUT2D eigenvalue weighted by molar-refractivity contribution is 7.16. The Morgan fingerprint density at radius 3 is 2.68 bits per heavy atom. The molecule has 0 fully saturated rings. The van der Waals surface area contributed by atoms with Crippen LogP contribution in [0, 0.1) is 0 Å². The van der Waals surface area contributed by atoms with Gasteiger partial charge in [0.15, 0.2) is 0 Å². The smallest absolute Gasteiger partial charge is 0.274 e. The third-order valence-electron chi connectivity index (χ3n) is 3.17. The highest BCUT2D eigenvalue weighted by atomic mass is 35.5. The van der Waals surface area contributed by atoms with E-state index in [-0.39, 0.29) is 17.2 Å². The normalized spacial score (nSPS) is 10.7. The summed E-state index contributed by atoms with van der Waals surface area (Å²) in [6.45, 7) is 5.42. The Hall–Kier alpha value is -1.66. The first-order valence-electron chi connectivity index (χ1n) is 7.16. The van der Waals surface area contributed by atoms with Gasteiger partial charge in [-0.1, -0.05) is 18.5 Å². The summed E-state index contributed by atoms with van der Waals surface area (Å²) in [6, 6.07) is 6.61. The Balaban J connectivity index is 2.20. The first kappa shape index (κ1) is 16.7. The first-order valence-corrected chi connectivity index (χ1v) is 8.36. The Morgan fingerprint density at radius 2 is 2.09 bits per heavy atom. The maximum atomic E-state index is 12.6. The molecule has 0 aliphatic carbocycles. The van der Waals surface area contributed by atoms with Crippen molar-refractivity contribution in [2.24, 2.45) is 0 Å². The number of hydrogen-bond donors (Lipinski definition) is 0. The zero-order valence-corrected chi connectivity index (χ0v) is 14.2. The summed E-state index contributed by atoms with van der Waals surface area (Å²) in [5.74, 6) is -0.183. The Kier molecular flexibility index (Phi) is 5.74. The van der Waals surface area contributed by atoms with E-state index in [1.165, 1.54) is 28.2 Å². The molecule has 0 saturated heterocycles. The van der Waals surface area contributed by atoms with Crippen molar-refractivity contribution >= 4 is 28.8 Å². The summed E-state index contributed by atoms with van der Waals surface area (Å²) in [5.41, 5.74) is 0.101. The molecule has 0 radical (unpaired) electrons. The van der Waals surface area contributed by atoms with E-state index in [1.807, 2.05) is 26.0 Å². The van der Waals surface area contributed by atoms with E-state index >= 15 is 0 Å². The molecule has 0 atom stereocenters. The average Bonchev–Trinajstić information content (AvgIpc) is 2.92. The third-order valence-corrected chi connectivity index (χ3v) is 4.38. The molecular formula is C15H18ClN3O2S. The largest absolute Gasteiger partial charge is 0.332 e. The number of nitrogens with zero attached hydrogens (tertiary/aromatic N) is 3. The van der Waals surface area contributed by atoms with Gasteiger partial charge in [-0.05, 0) is 31.5 Å². The second-order valence-electron chi connectivity index (χ2n) is 4.81. The Labute approximate surface area is 138 Å². The van der Waals surface area contributed by atoms with Crippen LogP contribution in [0.15, 0.2) is 29.1 Å². The number of halogens is 1. The van der Waals surface area contributed by atoms with Gasteiger partial charge in [0.1, 0.15) is 5.69 Å². The highest BCUT2D eigenvalue weighted by Gasteiger charge is 2.17. The molecule has 0 aliphatic rings. The Bertz CT molecular complexity index is 711. The summed E-state index contributed by atoms with van der Waals surface area (Å²) in [5, 5.41) is 4.17. The lowest BCUT2D eigenvalue weighted by Crippen LogP contribution is -2.33. The van der Waals surface area contributed by atoms with E-state index in [9.17, 15) is 9.59 Å². The van der Waals surface area contributed by atoms with Gasteiger partial charge >= 0.3 is 0 Å². The van der Waals surface area contributed by atoms with E-state index in [0.29, 0.717) is 24.0 Å². The molecule has 2 heterocycles. The third kappa shape index (κ3) is 3.96. The number of carbonyl (C=O) groups excluding carboxylic acids is 1. The molecule has 0 N–H and O–H groups in total. The molecule has 22 heavy (non-hydrogen) atoms. The lowest BCUT2D eigenvalue weighted by molar-refractivity contribution is 0.0745. The SMILES string of the molecule is CCCn1nc(C(=O)N(CC)Cc2ccc(Cl)s2)ccc1=O. The van der Waals surface area contributed by atoms with Crippen molar-refractivity contribution < 1.29 is 4.79 Å². The van der Waals surface area contributed by atoms with Crippen LogP contribution in [0.1, 0.15) is 35.6 Å². The van der Waals surface area contributed by atoms with Crippen LogP contribution in [-0.2, 0) is 13.1 Å². The van der Waals surface area contributed by atoms with Crippen molar-refractivity contribution in [2.75, 3.05) is 6.54 Å². The van der Waals surface area contributed by atoms with Gasteiger partial charge < -0.3 is 4.90 Å². The van der Waals surface area contributed by atoms with Crippen LogP contribution in [0.3, 0.4) is 0 Å². The van der Waals surface area contributed by atoms with Gasteiger partial charge in [-0.25, -0.2) is 4.68 Å². The quantitative estimate of drug-likeness (QED) is 0.812. The molecule has 0 unspecified atom stereocenters. The number of aromatic nitrogens is 2. The average molecular weight is 340 g/mol. The van der Waals surface area contributed by atoms with Gasteiger partial charge in [0, 0.05) is 24.0 Å². The molecule has 0 saturated carbocycles. The van der Waals surface area contributed by atoms with Crippen molar-refractivity contribution in [3.8, 4) is 0 Å². The number of aryl methyl sites for hydroxylation is 1. The minimum Gasteiger partial charge on any atom is -0.332 e. The monoisotopic (exact) mass is 339 g/mol. The summed E-state index contributed by atoms with van der Waals surface area (Å²) >= 11 is 7.37. The molecule has 2 rings (SSSR count).